The van der Waals surface area contributed by atoms with E-state index in [1.54, 1.807) is 49.6 Å². The van der Waals surface area contributed by atoms with Gasteiger partial charge in [-0.25, -0.2) is 9.79 Å². The molecule has 0 unspecified atom stereocenters. The molecule has 0 spiro atoms. The van der Waals surface area contributed by atoms with Crippen LogP contribution < -0.4 is 14.9 Å². The summed E-state index contributed by atoms with van der Waals surface area (Å²) in [6, 6.07) is 15.3. The second kappa shape index (κ2) is 11.1. The van der Waals surface area contributed by atoms with Gasteiger partial charge >= 0.3 is 5.97 Å². The van der Waals surface area contributed by atoms with Crippen molar-refractivity contribution in [2.45, 2.75) is 46.6 Å². The van der Waals surface area contributed by atoms with E-state index in [1.807, 2.05) is 24.3 Å². The van der Waals surface area contributed by atoms with E-state index in [-0.39, 0.29) is 17.9 Å². The first-order valence-corrected chi connectivity index (χ1v) is 14.1. The van der Waals surface area contributed by atoms with E-state index >= 15 is 0 Å². The summed E-state index contributed by atoms with van der Waals surface area (Å²) in [5, 5.41) is 11.1. The minimum Gasteiger partial charge on any atom is -0.463 e. The monoisotopic (exact) mass is 571 g/mol. The van der Waals surface area contributed by atoms with Gasteiger partial charge in [0.1, 0.15) is 11.5 Å². The van der Waals surface area contributed by atoms with E-state index in [0.717, 1.165) is 16.7 Å². The van der Waals surface area contributed by atoms with Gasteiger partial charge in [-0.1, -0.05) is 49.4 Å². The largest absolute Gasteiger partial charge is 0.463 e. The fourth-order valence-electron chi connectivity index (χ4n) is 4.91. The van der Waals surface area contributed by atoms with Crippen LogP contribution in [0.15, 0.2) is 80.1 Å². The van der Waals surface area contributed by atoms with Crippen LogP contribution in [0.3, 0.4) is 0 Å². The molecule has 9 nitrogen and oxygen atoms in total. The summed E-state index contributed by atoms with van der Waals surface area (Å²) < 4.78 is 13.3. The Morgan fingerprint density at radius 2 is 1.90 bits per heavy atom. The highest BCUT2D eigenvalue weighted by Gasteiger charge is 2.33. The molecule has 0 saturated heterocycles. The second-order valence-corrected chi connectivity index (χ2v) is 11.1. The number of fused-ring (bicyclic) bond motifs is 1. The van der Waals surface area contributed by atoms with Crippen LogP contribution in [-0.2, 0) is 9.53 Å². The van der Waals surface area contributed by atoms with Crippen LogP contribution in [0.25, 0.3) is 17.4 Å². The van der Waals surface area contributed by atoms with Gasteiger partial charge in [0, 0.05) is 23.8 Å². The number of aryl methyl sites for hydroxylation is 1. The molecule has 0 saturated carbocycles. The molecule has 5 rings (SSSR count). The van der Waals surface area contributed by atoms with Crippen LogP contribution >= 0.6 is 11.3 Å². The van der Waals surface area contributed by atoms with Crippen molar-refractivity contribution in [1.82, 2.24) is 4.57 Å². The molecular weight excluding hydrogens is 542 g/mol. The topological polar surface area (TPSA) is 117 Å². The first-order valence-electron chi connectivity index (χ1n) is 13.2. The van der Waals surface area contributed by atoms with Gasteiger partial charge in [-0.2, -0.15) is 0 Å². The number of nitro benzene ring substituents is 1. The lowest BCUT2D eigenvalue weighted by Gasteiger charge is -2.25. The van der Waals surface area contributed by atoms with Gasteiger partial charge in [0.2, 0.25) is 0 Å². The number of benzene rings is 2. The Morgan fingerprint density at radius 3 is 2.54 bits per heavy atom. The summed E-state index contributed by atoms with van der Waals surface area (Å²) in [4.78, 5) is 42.7. The van der Waals surface area contributed by atoms with Crippen molar-refractivity contribution < 1.29 is 18.9 Å². The third-order valence-electron chi connectivity index (χ3n) is 7.02. The Morgan fingerprint density at radius 1 is 1.17 bits per heavy atom. The van der Waals surface area contributed by atoms with Gasteiger partial charge in [0.15, 0.2) is 4.80 Å². The number of nitrogens with zero attached hydrogens (tertiary/aromatic N) is 3. The minimum absolute atomic E-state index is 0.00465. The first kappa shape index (κ1) is 28.0. The number of nitro groups is 1. The number of hydrogen-bond donors (Lipinski definition) is 0. The lowest BCUT2D eigenvalue weighted by atomic mass is 9.93. The average Bonchev–Trinajstić information content (AvgIpc) is 3.52. The van der Waals surface area contributed by atoms with Gasteiger partial charge in [-0.15, -0.1) is 0 Å². The summed E-state index contributed by atoms with van der Waals surface area (Å²) in [5.74, 6) is 0.804. The fraction of sp³-hybridized carbons (Fsp3) is 0.258. The normalized spacial score (nSPS) is 15.2. The molecule has 10 heteroatoms. The number of aromatic nitrogens is 1. The lowest BCUT2D eigenvalue weighted by molar-refractivity contribution is -0.384. The highest BCUT2D eigenvalue weighted by atomic mass is 32.1. The van der Waals surface area contributed by atoms with Crippen LogP contribution in [0, 0.1) is 17.0 Å². The molecule has 4 aromatic rings. The molecule has 210 valence electrons. The number of esters is 1. The summed E-state index contributed by atoms with van der Waals surface area (Å²) in [6.07, 6.45) is 1.65. The van der Waals surface area contributed by atoms with Crippen LogP contribution in [-0.4, -0.2) is 22.1 Å². The van der Waals surface area contributed by atoms with Crippen molar-refractivity contribution in [3.8, 4) is 11.3 Å². The number of carbonyl (C=O) groups is 1. The summed E-state index contributed by atoms with van der Waals surface area (Å²) in [5.41, 5.74) is 3.89. The maximum Gasteiger partial charge on any atom is 0.338 e. The number of rotatable bonds is 7. The van der Waals surface area contributed by atoms with Crippen molar-refractivity contribution in [2.24, 2.45) is 4.99 Å². The number of allylic oxidation sites excluding steroid dienone is 1. The molecule has 0 bridgehead atoms. The fourth-order valence-corrected chi connectivity index (χ4v) is 5.94. The van der Waals surface area contributed by atoms with Crippen LogP contribution in [0.5, 0.6) is 0 Å². The van der Waals surface area contributed by atoms with Gasteiger partial charge in [0.25, 0.3) is 11.2 Å². The first-order chi connectivity index (χ1) is 19.6. The third-order valence-corrected chi connectivity index (χ3v) is 8.01. The number of ether oxygens (including phenoxy) is 1. The molecule has 1 atom stereocenters. The van der Waals surface area contributed by atoms with Crippen molar-refractivity contribution in [1.29, 1.82) is 0 Å². The Hall–Kier alpha value is -4.57. The maximum absolute atomic E-state index is 13.8. The van der Waals surface area contributed by atoms with Crippen LogP contribution in [0.1, 0.15) is 62.1 Å². The third kappa shape index (κ3) is 5.30. The van der Waals surface area contributed by atoms with Gasteiger partial charge < -0.3 is 9.15 Å². The predicted octanol–water partition coefficient (Wildman–Crippen LogP) is 5.40. The van der Waals surface area contributed by atoms with Crippen molar-refractivity contribution in [3.05, 3.63) is 118 Å². The van der Waals surface area contributed by atoms with Crippen molar-refractivity contribution in [2.75, 3.05) is 6.61 Å². The lowest BCUT2D eigenvalue weighted by Crippen LogP contribution is -2.39. The van der Waals surface area contributed by atoms with E-state index in [4.69, 9.17) is 9.15 Å². The summed E-state index contributed by atoms with van der Waals surface area (Å²) >= 11 is 1.21. The molecule has 0 radical (unpaired) electrons. The van der Waals surface area contributed by atoms with Gasteiger partial charge in [0.05, 0.1) is 33.4 Å². The molecule has 3 heterocycles. The van der Waals surface area contributed by atoms with Gasteiger partial charge in [-0.3, -0.25) is 19.5 Å². The van der Waals surface area contributed by atoms with Crippen LogP contribution in [0.4, 0.5) is 5.69 Å². The van der Waals surface area contributed by atoms with Gasteiger partial charge in [-0.05, 0) is 61.6 Å². The molecule has 1 aliphatic rings. The van der Waals surface area contributed by atoms with E-state index in [1.165, 1.54) is 23.5 Å². The second-order valence-electron chi connectivity index (χ2n) is 10.1. The quantitative estimate of drug-likeness (QED) is 0.167. The molecule has 2 aromatic heterocycles. The maximum atomic E-state index is 13.8. The SMILES string of the molecule is CCOC(=O)C1=C(C)N=c2s/c(=C\c3ccc(-c4ccc([N+](=O)[O-])cc4C)o3)c(=O)n2[C@H]1c1ccc(C(C)C)cc1. The molecule has 41 heavy (non-hydrogen) atoms. The molecule has 0 N–H and O–H groups in total. The van der Waals surface area contributed by atoms with Crippen LogP contribution in [0.2, 0.25) is 0 Å². The number of carbonyl (C=O) groups excluding carboxylic acids is 1. The number of non-ortho nitro benzene ring substituents is 1. The van der Waals surface area contributed by atoms with E-state index < -0.39 is 16.9 Å². The number of thiazole rings is 1. The summed E-state index contributed by atoms with van der Waals surface area (Å²) in [6.45, 7) is 9.69. The predicted molar refractivity (Wildman–Crippen MR) is 156 cm³/mol. The van der Waals surface area contributed by atoms with Crippen molar-refractivity contribution in [3.63, 3.8) is 0 Å². The van der Waals surface area contributed by atoms with E-state index in [0.29, 0.717) is 43.6 Å². The molecular formula is C31H29N3O6S. The summed E-state index contributed by atoms with van der Waals surface area (Å²) in [7, 11) is 0. The minimum atomic E-state index is -0.691. The molecule has 2 aromatic carbocycles. The Kier molecular flexibility index (Phi) is 7.59. The standard InChI is InChI=1S/C31H29N3O6S/c1-6-39-30(36)27-19(5)32-31-33(28(27)21-9-7-20(8-10-21)17(2)3)29(35)26(41-31)16-23-12-14-25(40-23)24-13-11-22(34(37)38)15-18(24)4/h7-17,28H,6H2,1-5H3/b26-16-/t28-/m0/s1. The molecule has 1 aliphatic heterocycles. The zero-order valence-electron chi connectivity index (χ0n) is 23.3. The van der Waals surface area contributed by atoms with E-state index in [2.05, 4.69) is 18.8 Å². The van der Waals surface area contributed by atoms with Crippen molar-refractivity contribution >= 4 is 29.1 Å². The van der Waals surface area contributed by atoms with E-state index in [9.17, 15) is 19.7 Å². The number of hydrogen-bond acceptors (Lipinski definition) is 8. The zero-order valence-corrected chi connectivity index (χ0v) is 24.2. The molecule has 0 aliphatic carbocycles. The Labute approximate surface area is 239 Å². The zero-order chi connectivity index (χ0) is 29.4. The number of furan rings is 1. The smallest absolute Gasteiger partial charge is 0.338 e. The average molecular weight is 572 g/mol. The molecule has 0 fully saturated rings. The Bertz CT molecular complexity index is 1880. The molecule has 0 amide bonds. The highest BCUT2D eigenvalue weighted by Crippen LogP contribution is 2.32. The highest BCUT2D eigenvalue weighted by molar-refractivity contribution is 7.07. The Balaban J connectivity index is 1.60.